The molecule has 12 heteroatoms. The Hall–Kier alpha value is -3.35. The maximum absolute atomic E-state index is 14.3. The van der Waals surface area contributed by atoms with Gasteiger partial charge in [0.15, 0.2) is 0 Å². The van der Waals surface area contributed by atoms with Gasteiger partial charge in [-0.1, -0.05) is 84.7 Å². The van der Waals surface area contributed by atoms with Crippen LogP contribution in [0.15, 0.2) is 41.9 Å². The van der Waals surface area contributed by atoms with E-state index in [-0.39, 0.29) is 65.9 Å². The number of methoxy groups -OCH3 is 1. The van der Waals surface area contributed by atoms with Gasteiger partial charge in [0, 0.05) is 51.3 Å². The predicted molar refractivity (Wildman–Crippen MR) is 217 cm³/mol. The second-order valence-corrected chi connectivity index (χ2v) is 17.1. The van der Waals surface area contributed by atoms with Crippen molar-refractivity contribution >= 4 is 35.0 Å². The summed E-state index contributed by atoms with van der Waals surface area (Å²) in [7, 11) is 5.25. The molecule has 1 aromatic heterocycles. The third-order valence-corrected chi connectivity index (χ3v) is 12.3. The van der Waals surface area contributed by atoms with Gasteiger partial charge >= 0.3 is 0 Å². The van der Waals surface area contributed by atoms with Gasteiger partial charge in [-0.25, -0.2) is 4.98 Å². The molecule has 11 nitrogen and oxygen atoms in total. The summed E-state index contributed by atoms with van der Waals surface area (Å²) in [5.74, 6) is -1.08. The third kappa shape index (κ3) is 11.6. The van der Waals surface area contributed by atoms with Crippen LogP contribution in [0.25, 0.3) is 0 Å². The Morgan fingerprint density at radius 2 is 1.74 bits per heavy atom. The number of carbonyl (C=O) groups excluding carboxylic acids is 4. The molecule has 302 valence electrons. The lowest BCUT2D eigenvalue weighted by Crippen LogP contribution is -2.58. The molecule has 1 fully saturated rings. The summed E-state index contributed by atoms with van der Waals surface area (Å²) in [4.78, 5) is 64.0. The molecule has 3 rings (SSSR count). The molecule has 3 N–H and O–H groups in total. The molecule has 1 aliphatic rings. The summed E-state index contributed by atoms with van der Waals surface area (Å²) in [5.41, 5.74) is 0.415. The summed E-state index contributed by atoms with van der Waals surface area (Å²) < 4.78 is 6.05. The number of likely N-dealkylation sites (tertiary alicyclic amines) is 1. The van der Waals surface area contributed by atoms with Crippen LogP contribution in [0.1, 0.15) is 104 Å². The third-order valence-electron chi connectivity index (χ3n) is 11.4. The number of amides is 4. The van der Waals surface area contributed by atoms with Crippen LogP contribution in [0.5, 0.6) is 0 Å². The molecule has 0 spiro atoms. The summed E-state index contributed by atoms with van der Waals surface area (Å²) in [6, 6.07) is 8.61. The normalized spacial score (nSPS) is 18.7. The number of benzene rings is 1. The lowest BCUT2D eigenvalue weighted by Gasteiger charge is -2.41. The fourth-order valence-electron chi connectivity index (χ4n) is 8.04. The first kappa shape index (κ1) is 45.0. The van der Waals surface area contributed by atoms with Crippen molar-refractivity contribution in [2.24, 2.45) is 29.1 Å². The minimum Gasteiger partial charge on any atom is -0.378 e. The van der Waals surface area contributed by atoms with Gasteiger partial charge in [-0.3, -0.25) is 19.2 Å². The van der Waals surface area contributed by atoms with Gasteiger partial charge in [-0.05, 0) is 63.5 Å². The molecule has 1 saturated heterocycles. The SMILES string of the molecule is CC[C@H](CC(=O)N1CCC[C@H]1[C@H](OC)[C@@H](C)C(=O)N[C@@H](Cc1ccccc1)c1nccs1)[C@H]([C@@H](C)CC)N(C)C(=O)[C@@H](NC(=O)C(C)(C)CNC)C(C)C. The maximum Gasteiger partial charge on any atom is 0.245 e. The van der Waals surface area contributed by atoms with Gasteiger partial charge in [0.2, 0.25) is 23.6 Å². The molecule has 0 bridgehead atoms. The number of ether oxygens (including phenoxy) is 1. The molecule has 1 aliphatic heterocycles. The van der Waals surface area contributed by atoms with Crippen molar-refractivity contribution in [2.75, 3.05) is 34.3 Å². The van der Waals surface area contributed by atoms with Crippen molar-refractivity contribution in [3.05, 3.63) is 52.5 Å². The minimum atomic E-state index is -0.695. The first-order chi connectivity index (χ1) is 25.6. The van der Waals surface area contributed by atoms with E-state index in [1.54, 1.807) is 18.2 Å². The summed E-state index contributed by atoms with van der Waals surface area (Å²) in [5, 5.41) is 12.1. The number of nitrogens with one attached hydrogen (secondary N) is 3. The molecule has 8 atom stereocenters. The molecule has 2 heterocycles. The van der Waals surface area contributed by atoms with E-state index in [1.165, 1.54) is 11.3 Å². The Bertz CT molecular complexity index is 1470. The fraction of sp³-hybridized carbons (Fsp3) is 0.690. The van der Waals surface area contributed by atoms with Crippen LogP contribution in [0.3, 0.4) is 0 Å². The number of thiazole rings is 1. The van der Waals surface area contributed by atoms with Gasteiger partial charge in [0.25, 0.3) is 0 Å². The Balaban J connectivity index is 1.78. The van der Waals surface area contributed by atoms with E-state index in [9.17, 15) is 19.2 Å². The van der Waals surface area contributed by atoms with Crippen LogP contribution in [0.4, 0.5) is 0 Å². The smallest absolute Gasteiger partial charge is 0.245 e. The number of likely N-dealkylation sites (N-methyl/N-ethyl adjacent to an activating group) is 1. The zero-order valence-corrected chi connectivity index (χ0v) is 35.5. The molecule has 0 radical (unpaired) electrons. The average Bonchev–Trinajstić information content (AvgIpc) is 3.87. The maximum atomic E-state index is 14.3. The second-order valence-electron chi connectivity index (χ2n) is 16.2. The first-order valence-electron chi connectivity index (χ1n) is 19.9. The lowest BCUT2D eigenvalue weighted by molar-refractivity contribution is -0.145. The number of aromatic nitrogens is 1. The second kappa shape index (κ2) is 21.1. The van der Waals surface area contributed by atoms with Crippen molar-refractivity contribution in [3.63, 3.8) is 0 Å². The average molecular weight is 769 g/mol. The van der Waals surface area contributed by atoms with Crippen molar-refractivity contribution < 1.29 is 23.9 Å². The first-order valence-corrected chi connectivity index (χ1v) is 20.8. The van der Waals surface area contributed by atoms with Gasteiger partial charge in [-0.2, -0.15) is 0 Å². The Labute approximate surface area is 328 Å². The molecule has 54 heavy (non-hydrogen) atoms. The van der Waals surface area contributed by atoms with Gasteiger partial charge in [-0.15, -0.1) is 11.3 Å². The highest BCUT2D eigenvalue weighted by Gasteiger charge is 2.43. The van der Waals surface area contributed by atoms with Crippen LogP contribution < -0.4 is 16.0 Å². The number of hydrogen-bond donors (Lipinski definition) is 3. The molecule has 0 aliphatic carbocycles. The Kier molecular flexibility index (Phi) is 17.6. The predicted octanol–water partition coefficient (Wildman–Crippen LogP) is 5.86. The van der Waals surface area contributed by atoms with Crippen LogP contribution in [0.2, 0.25) is 0 Å². The summed E-state index contributed by atoms with van der Waals surface area (Å²) in [6.45, 7) is 16.9. The molecular formula is C42H68N6O5S. The number of rotatable bonds is 21. The van der Waals surface area contributed by atoms with Gasteiger partial charge < -0.3 is 30.5 Å². The van der Waals surface area contributed by atoms with E-state index in [1.807, 2.05) is 89.3 Å². The largest absolute Gasteiger partial charge is 0.378 e. The zero-order chi connectivity index (χ0) is 40.2. The van der Waals surface area contributed by atoms with E-state index in [4.69, 9.17) is 4.74 Å². The fourth-order valence-corrected chi connectivity index (χ4v) is 8.73. The van der Waals surface area contributed by atoms with Gasteiger partial charge in [0.1, 0.15) is 11.0 Å². The minimum absolute atomic E-state index is 0.0143. The molecule has 2 aromatic rings. The van der Waals surface area contributed by atoms with E-state index in [0.717, 1.165) is 29.8 Å². The summed E-state index contributed by atoms with van der Waals surface area (Å²) >= 11 is 1.52. The van der Waals surface area contributed by atoms with Crippen LogP contribution in [0, 0.1) is 29.1 Å². The Morgan fingerprint density at radius 3 is 2.30 bits per heavy atom. The Morgan fingerprint density at radius 1 is 1.06 bits per heavy atom. The number of carbonyl (C=O) groups is 4. The van der Waals surface area contributed by atoms with E-state index in [0.29, 0.717) is 25.9 Å². The molecule has 0 unspecified atom stereocenters. The molecule has 1 aromatic carbocycles. The highest BCUT2D eigenvalue weighted by atomic mass is 32.1. The molecule has 4 amide bonds. The van der Waals surface area contributed by atoms with Gasteiger partial charge in [0.05, 0.1) is 29.5 Å². The van der Waals surface area contributed by atoms with Crippen molar-refractivity contribution in [3.8, 4) is 0 Å². The topological polar surface area (TPSA) is 133 Å². The molecule has 0 saturated carbocycles. The van der Waals surface area contributed by atoms with Crippen molar-refractivity contribution in [1.29, 1.82) is 0 Å². The van der Waals surface area contributed by atoms with Crippen LogP contribution in [-0.2, 0) is 30.3 Å². The molecular weight excluding hydrogens is 701 g/mol. The van der Waals surface area contributed by atoms with Crippen molar-refractivity contribution in [1.82, 2.24) is 30.7 Å². The van der Waals surface area contributed by atoms with E-state index < -0.39 is 23.5 Å². The number of nitrogens with zero attached hydrogens (tertiary/aromatic N) is 3. The van der Waals surface area contributed by atoms with Crippen molar-refractivity contribution in [2.45, 2.75) is 124 Å². The monoisotopic (exact) mass is 768 g/mol. The standard InChI is InChI=1S/C42H68N6O5S/c1-12-28(5)36(47(10)40(51)35(27(3)4)46-41(52)42(7,8)26-43-9)31(13-2)25-34(49)48-22-17-20-33(48)37(53-11)29(6)38(50)45-32(39-44-21-23-54-39)24-30-18-15-14-16-19-30/h14-16,18-19,21,23,27-29,31-33,35-37,43H,12-13,17,20,22,24-26H2,1-11H3,(H,45,50)(H,46,52)/t28-,29+,31+,32-,33-,35-,36-,37+/m0/s1. The van der Waals surface area contributed by atoms with E-state index in [2.05, 4.69) is 41.7 Å². The number of hydrogen-bond acceptors (Lipinski definition) is 8. The lowest BCUT2D eigenvalue weighted by atomic mass is 9.82. The van der Waals surface area contributed by atoms with Crippen LogP contribution >= 0.6 is 11.3 Å². The van der Waals surface area contributed by atoms with E-state index >= 15 is 0 Å². The highest BCUT2D eigenvalue weighted by molar-refractivity contribution is 7.09. The van der Waals surface area contributed by atoms with Crippen LogP contribution in [-0.4, -0.2) is 96.9 Å². The highest BCUT2D eigenvalue weighted by Crippen LogP contribution is 2.33. The zero-order valence-electron chi connectivity index (χ0n) is 34.7. The summed E-state index contributed by atoms with van der Waals surface area (Å²) in [6.07, 6.45) is 5.24. The quantitative estimate of drug-likeness (QED) is 0.145.